The lowest BCUT2D eigenvalue weighted by atomic mass is 9.88. The Labute approximate surface area is 109 Å². The zero-order chi connectivity index (χ0) is 12.2. The molecule has 0 amide bonds. The van der Waals surface area contributed by atoms with Crippen LogP contribution in [0.2, 0.25) is 0 Å². The molecular formula is C17H19N. The van der Waals surface area contributed by atoms with E-state index in [1.165, 1.54) is 17.5 Å². The highest BCUT2D eigenvalue weighted by Crippen LogP contribution is 2.29. The second-order valence-corrected chi connectivity index (χ2v) is 5.06. The van der Waals surface area contributed by atoms with E-state index in [2.05, 4.69) is 66.0 Å². The van der Waals surface area contributed by atoms with Gasteiger partial charge in [0.05, 0.1) is 0 Å². The van der Waals surface area contributed by atoms with E-state index >= 15 is 0 Å². The summed E-state index contributed by atoms with van der Waals surface area (Å²) in [5.74, 6) is 0.659. The van der Waals surface area contributed by atoms with Crippen LogP contribution < -0.4 is 5.32 Å². The van der Waals surface area contributed by atoms with Gasteiger partial charge >= 0.3 is 0 Å². The van der Waals surface area contributed by atoms with Crippen LogP contribution in [0, 0.1) is 0 Å². The van der Waals surface area contributed by atoms with Crippen LogP contribution in [0.1, 0.15) is 23.5 Å². The first-order chi connectivity index (χ1) is 8.93. The van der Waals surface area contributed by atoms with E-state index in [4.69, 9.17) is 0 Å². The Balaban J connectivity index is 1.76. The average molecular weight is 237 g/mol. The van der Waals surface area contributed by atoms with Gasteiger partial charge in [-0.1, -0.05) is 60.7 Å². The highest BCUT2D eigenvalue weighted by molar-refractivity contribution is 5.25. The van der Waals surface area contributed by atoms with Crippen LogP contribution in [0.25, 0.3) is 0 Å². The Morgan fingerprint density at radius 1 is 0.889 bits per heavy atom. The second kappa shape index (κ2) is 5.36. The molecule has 0 bridgehead atoms. The first kappa shape index (κ1) is 11.5. The summed E-state index contributed by atoms with van der Waals surface area (Å²) in [5, 5.41) is 3.65. The second-order valence-electron chi connectivity index (χ2n) is 5.06. The fourth-order valence-corrected chi connectivity index (χ4v) is 2.95. The summed E-state index contributed by atoms with van der Waals surface area (Å²) in [5.41, 5.74) is 2.90. The molecule has 1 heterocycles. The molecular weight excluding hydrogens is 218 g/mol. The Bertz CT molecular complexity index is 477. The summed E-state index contributed by atoms with van der Waals surface area (Å²) < 4.78 is 0. The fraction of sp³-hybridized carbons (Fsp3) is 0.294. The third kappa shape index (κ3) is 2.46. The van der Waals surface area contributed by atoms with E-state index in [0.717, 1.165) is 13.0 Å². The normalized spacial score (nSPS) is 23.1. The van der Waals surface area contributed by atoms with Crippen molar-refractivity contribution in [1.29, 1.82) is 0 Å². The molecule has 2 aromatic carbocycles. The molecule has 0 aromatic heterocycles. The van der Waals surface area contributed by atoms with Crippen molar-refractivity contribution in [2.75, 3.05) is 6.54 Å². The van der Waals surface area contributed by atoms with Crippen molar-refractivity contribution in [3.8, 4) is 0 Å². The minimum Gasteiger partial charge on any atom is -0.313 e. The topological polar surface area (TPSA) is 12.0 Å². The van der Waals surface area contributed by atoms with Crippen molar-refractivity contribution in [3.05, 3.63) is 71.8 Å². The van der Waals surface area contributed by atoms with Gasteiger partial charge in [0.2, 0.25) is 0 Å². The molecule has 3 rings (SSSR count). The van der Waals surface area contributed by atoms with Crippen LogP contribution in [0.15, 0.2) is 60.7 Å². The van der Waals surface area contributed by atoms with Gasteiger partial charge in [-0.05, 0) is 30.5 Å². The molecule has 2 unspecified atom stereocenters. The first-order valence-corrected chi connectivity index (χ1v) is 6.76. The predicted octanol–water partition coefficient (Wildman–Crippen LogP) is 3.37. The average Bonchev–Trinajstić information content (AvgIpc) is 2.89. The SMILES string of the molecule is c1ccc(CC2NCCC2c2ccccc2)cc1. The summed E-state index contributed by atoms with van der Waals surface area (Å²) >= 11 is 0. The van der Waals surface area contributed by atoms with E-state index < -0.39 is 0 Å². The summed E-state index contributed by atoms with van der Waals surface area (Å²) in [6.45, 7) is 1.14. The van der Waals surface area contributed by atoms with Gasteiger partial charge < -0.3 is 5.32 Å². The molecule has 1 heteroatoms. The molecule has 2 aromatic rings. The molecule has 92 valence electrons. The number of rotatable bonds is 3. The maximum atomic E-state index is 3.65. The molecule has 1 aliphatic heterocycles. The molecule has 0 saturated carbocycles. The summed E-state index contributed by atoms with van der Waals surface area (Å²) in [6.07, 6.45) is 2.38. The molecule has 1 aliphatic rings. The van der Waals surface area contributed by atoms with Gasteiger partial charge in [-0.15, -0.1) is 0 Å². The molecule has 0 radical (unpaired) electrons. The smallest absolute Gasteiger partial charge is 0.0177 e. The summed E-state index contributed by atoms with van der Waals surface area (Å²) in [4.78, 5) is 0. The molecule has 1 saturated heterocycles. The molecule has 1 N–H and O–H groups in total. The maximum absolute atomic E-state index is 3.65. The third-order valence-corrected chi connectivity index (χ3v) is 3.87. The number of nitrogens with one attached hydrogen (secondary N) is 1. The van der Waals surface area contributed by atoms with Crippen molar-refractivity contribution >= 4 is 0 Å². The van der Waals surface area contributed by atoms with E-state index in [-0.39, 0.29) is 0 Å². The quantitative estimate of drug-likeness (QED) is 0.863. The number of benzene rings is 2. The van der Waals surface area contributed by atoms with Crippen LogP contribution in [0.4, 0.5) is 0 Å². The van der Waals surface area contributed by atoms with Crippen molar-refractivity contribution in [3.63, 3.8) is 0 Å². The molecule has 2 atom stereocenters. The van der Waals surface area contributed by atoms with Crippen molar-refractivity contribution in [2.24, 2.45) is 0 Å². The largest absolute Gasteiger partial charge is 0.313 e. The Kier molecular flexibility index (Phi) is 3.42. The lowest BCUT2D eigenvalue weighted by molar-refractivity contribution is 0.544. The Morgan fingerprint density at radius 2 is 1.56 bits per heavy atom. The van der Waals surface area contributed by atoms with Crippen LogP contribution in [-0.4, -0.2) is 12.6 Å². The minimum absolute atomic E-state index is 0.579. The van der Waals surface area contributed by atoms with Crippen LogP contribution in [-0.2, 0) is 6.42 Å². The molecule has 1 nitrogen and oxygen atoms in total. The summed E-state index contributed by atoms with van der Waals surface area (Å²) in [6, 6.07) is 22.3. The Morgan fingerprint density at radius 3 is 2.28 bits per heavy atom. The first-order valence-electron chi connectivity index (χ1n) is 6.76. The monoisotopic (exact) mass is 237 g/mol. The van der Waals surface area contributed by atoms with Gasteiger partial charge in [0.15, 0.2) is 0 Å². The standard InChI is InChI=1S/C17H19N/c1-3-7-14(8-4-1)13-17-16(11-12-18-17)15-9-5-2-6-10-15/h1-10,16-18H,11-13H2. The van der Waals surface area contributed by atoms with Gasteiger partial charge in [-0.2, -0.15) is 0 Å². The lowest BCUT2D eigenvalue weighted by Crippen LogP contribution is -2.28. The highest BCUT2D eigenvalue weighted by atomic mass is 14.9. The zero-order valence-corrected chi connectivity index (χ0v) is 10.5. The maximum Gasteiger partial charge on any atom is 0.0177 e. The fourth-order valence-electron chi connectivity index (χ4n) is 2.95. The van der Waals surface area contributed by atoms with Gasteiger partial charge in [-0.3, -0.25) is 0 Å². The van der Waals surface area contributed by atoms with E-state index in [1.54, 1.807) is 0 Å². The van der Waals surface area contributed by atoms with Gasteiger partial charge in [-0.25, -0.2) is 0 Å². The Hall–Kier alpha value is -1.60. The molecule has 0 spiro atoms. The number of hydrogen-bond donors (Lipinski definition) is 1. The minimum atomic E-state index is 0.579. The third-order valence-electron chi connectivity index (χ3n) is 3.87. The van der Waals surface area contributed by atoms with Crippen molar-refractivity contribution in [2.45, 2.75) is 24.8 Å². The van der Waals surface area contributed by atoms with Crippen LogP contribution in [0.5, 0.6) is 0 Å². The molecule has 0 aliphatic carbocycles. The molecule has 1 fully saturated rings. The lowest BCUT2D eigenvalue weighted by Gasteiger charge is -2.20. The van der Waals surface area contributed by atoms with E-state index in [0.29, 0.717) is 12.0 Å². The zero-order valence-electron chi connectivity index (χ0n) is 10.5. The van der Waals surface area contributed by atoms with Crippen LogP contribution in [0.3, 0.4) is 0 Å². The van der Waals surface area contributed by atoms with Crippen LogP contribution >= 0.6 is 0 Å². The van der Waals surface area contributed by atoms with Gasteiger partial charge in [0.25, 0.3) is 0 Å². The van der Waals surface area contributed by atoms with Gasteiger partial charge in [0, 0.05) is 12.0 Å². The van der Waals surface area contributed by atoms with Gasteiger partial charge in [0.1, 0.15) is 0 Å². The molecule has 18 heavy (non-hydrogen) atoms. The van der Waals surface area contributed by atoms with Crippen molar-refractivity contribution in [1.82, 2.24) is 5.32 Å². The van der Waals surface area contributed by atoms with E-state index in [1.807, 2.05) is 0 Å². The summed E-state index contributed by atoms with van der Waals surface area (Å²) in [7, 11) is 0. The van der Waals surface area contributed by atoms with E-state index in [9.17, 15) is 0 Å². The highest BCUT2D eigenvalue weighted by Gasteiger charge is 2.27. The number of hydrogen-bond acceptors (Lipinski definition) is 1. The van der Waals surface area contributed by atoms with Crippen molar-refractivity contribution < 1.29 is 0 Å². The predicted molar refractivity (Wildman–Crippen MR) is 75.7 cm³/mol.